The van der Waals surface area contributed by atoms with E-state index in [1.807, 2.05) is 56.3 Å². The molecule has 0 aliphatic heterocycles. The number of hydrogen-bond acceptors (Lipinski definition) is 2. The van der Waals surface area contributed by atoms with Crippen LogP contribution in [0, 0.1) is 5.82 Å². The number of nitrogens with zero attached hydrogens (tertiary/aromatic N) is 1. The maximum atomic E-state index is 13.2. The van der Waals surface area contributed by atoms with Crippen LogP contribution in [0.5, 0.6) is 0 Å². The summed E-state index contributed by atoms with van der Waals surface area (Å²) in [4.78, 5) is 14.9. The number of amides is 1. The van der Waals surface area contributed by atoms with E-state index in [0.717, 1.165) is 16.9 Å². The Morgan fingerprint density at radius 3 is 2.36 bits per heavy atom. The zero-order valence-corrected chi connectivity index (χ0v) is 16.6. The van der Waals surface area contributed by atoms with Crippen molar-refractivity contribution in [3.63, 3.8) is 0 Å². The molecular formula is C23H22ClFN2O. The van der Waals surface area contributed by atoms with Crippen LogP contribution in [-0.2, 0) is 6.54 Å². The predicted molar refractivity (Wildman–Crippen MR) is 114 cm³/mol. The van der Waals surface area contributed by atoms with E-state index >= 15 is 0 Å². The Bertz CT molecular complexity index is 943. The summed E-state index contributed by atoms with van der Waals surface area (Å²) >= 11 is 6.22. The third-order valence-electron chi connectivity index (χ3n) is 4.38. The van der Waals surface area contributed by atoms with Crippen molar-refractivity contribution in [1.82, 2.24) is 0 Å². The summed E-state index contributed by atoms with van der Waals surface area (Å²) in [5, 5.41) is 3.86. The van der Waals surface area contributed by atoms with Crippen LogP contribution in [0.25, 0.3) is 0 Å². The number of benzene rings is 3. The molecule has 5 heteroatoms. The Labute approximate surface area is 169 Å². The van der Waals surface area contributed by atoms with Crippen LogP contribution >= 0.6 is 11.6 Å². The fraction of sp³-hybridized carbons (Fsp3) is 0.174. The first kappa shape index (κ1) is 19.9. The maximum absolute atomic E-state index is 13.2. The standard InChI is InChI=1S/C23H22ClFN2O/c1-16(2)27(23(28)17-6-4-3-5-7-17)22-13-8-19(24)14-18(22)15-26-21-11-9-20(25)10-12-21/h3-14,16,26H,15H2,1-2H3. The van der Waals surface area contributed by atoms with Crippen LogP contribution in [0.2, 0.25) is 5.02 Å². The number of halogens is 2. The van der Waals surface area contributed by atoms with Crippen molar-refractivity contribution in [3.05, 3.63) is 94.8 Å². The van der Waals surface area contributed by atoms with Gasteiger partial charge < -0.3 is 10.2 Å². The summed E-state index contributed by atoms with van der Waals surface area (Å²) < 4.78 is 13.1. The van der Waals surface area contributed by atoms with Gasteiger partial charge in [0.15, 0.2) is 0 Å². The van der Waals surface area contributed by atoms with Gasteiger partial charge in [0.1, 0.15) is 5.82 Å². The van der Waals surface area contributed by atoms with Crippen molar-refractivity contribution in [1.29, 1.82) is 0 Å². The Balaban J connectivity index is 1.92. The normalized spacial score (nSPS) is 10.8. The Kier molecular flexibility index (Phi) is 6.32. The number of anilines is 2. The monoisotopic (exact) mass is 396 g/mol. The number of hydrogen-bond donors (Lipinski definition) is 1. The molecule has 0 radical (unpaired) electrons. The Morgan fingerprint density at radius 2 is 1.71 bits per heavy atom. The molecule has 3 nitrogen and oxygen atoms in total. The van der Waals surface area contributed by atoms with Crippen LogP contribution < -0.4 is 10.2 Å². The van der Waals surface area contributed by atoms with E-state index in [2.05, 4.69) is 5.32 Å². The van der Waals surface area contributed by atoms with E-state index in [9.17, 15) is 9.18 Å². The lowest BCUT2D eigenvalue weighted by atomic mass is 10.1. The minimum atomic E-state index is -0.284. The van der Waals surface area contributed by atoms with Crippen molar-refractivity contribution in [2.75, 3.05) is 10.2 Å². The molecule has 144 valence electrons. The highest BCUT2D eigenvalue weighted by Gasteiger charge is 2.23. The quantitative estimate of drug-likeness (QED) is 0.542. The molecule has 0 unspecified atom stereocenters. The van der Waals surface area contributed by atoms with Gasteiger partial charge in [-0.05, 0) is 74.0 Å². The first-order chi connectivity index (χ1) is 13.5. The third-order valence-corrected chi connectivity index (χ3v) is 4.62. The molecule has 28 heavy (non-hydrogen) atoms. The number of carbonyl (C=O) groups is 1. The van der Waals surface area contributed by atoms with Gasteiger partial charge in [0.05, 0.1) is 0 Å². The van der Waals surface area contributed by atoms with E-state index < -0.39 is 0 Å². The summed E-state index contributed by atoms with van der Waals surface area (Å²) in [5.41, 5.74) is 3.10. The molecule has 3 rings (SSSR count). The van der Waals surface area contributed by atoms with E-state index in [4.69, 9.17) is 11.6 Å². The molecule has 0 fully saturated rings. The maximum Gasteiger partial charge on any atom is 0.258 e. The fourth-order valence-electron chi connectivity index (χ4n) is 3.04. The summed E-state index contributed by atoms with van der Waals surface area (Å²) in [6.07, 6.45) is 0. The van der Waals surface area contributed by atoms with Crippen LogP contribution in [0.1, 0.15) is 29.8 Å². The number of rotatable bonds is 6. The van der Waals surface area contributed by atoms with Crippen molar-refractivity contribution in [2.24, 2.45) is 0 Å². The lowest BCUT2D eigenvalue weighted by Crippen LogP contribution is -2.37. The van der Waals surface area contributed by atoms with Gasteiger partial charge in [0.2, 0.25) is 0 Å². The van der Waals surface area contributed by atoms with Gasteiger partial charge in [-0.3, -0.25) is 4.79 Å². The van der Waals surface area contributed by atoms with Crippen LogP contribution in [0.3, 0.4) is 0 Å². The van der Waals surface area contributed by atoms with E-state index in [0.29, 0.717) is 17.1 Å². The minimum absolute atomic E-state index is 0.0431. The third kappa shape index (κ3) is 4.70. The van der Waals surface area contributed by atoms with Crippen molar-refractivity contribution < 1.29 is 9.18 Å². The van der Waals surface area contributed by atoms with Gasteiger partial charge in [0.25, 0.3) is 5.91 Å². The van der Waals surface area contributed by atoms with Gasteiger partial charge in [-0.25, -0.2) is 4.39 Å². The highest BCUT2D eigenvalue weighted by atomic mass is 35.5. The SMILES string of the molecule is CC(C)N(C(=O)c1ccccc1)c1ccc(Cl)cc1CNc1ccc(F)cc1. The van der Waals surface area contributed by atoms with Gasteiger partial charge in [-0.1, -0.05) is 29.8 Å². The second-order valence-corrected chi connectivity index (χ2v) is 7.20. The summed E-state index contributed by atoms with van der Waals surface area (Å²) in [6, 6.07) is 20.8. The highest BCUT2D eigenvalue weighted by Crippen LogP contribution is 2.28. The molecule has 0 bridgehead atoms. The molecule has 0 heterocycles. The van der Waals surface area contributed by atoms with Gasteiger partial charge in [-0.15, -0.1) is 0 Å². The van der Waals surface area contributed by atoms with Crippen LogP contribution in [0.15, 0.2) is 72.8 Å². The topological polar surface area (TPSA) is 32.3 Å². The molecule has 3 aromatic rings. The first-order valence-electron chi connectivity index (χ1n) is 9.12. The Hall–Kier alpha value is -2.85. The molecule has 1 amide bonds. The fourth-order valence-corrected chi connectivity index (χ4v) is 3.23. The van der Waals surface area contributed by atoms with E-state index in [1.54, 1.807) is 23.1 Å². The molecule has 0 aromatic heterocycles. The average molecular weight is 397 g/mol. The summed E-state index contributed by atoms with van der Waals surface area (Å²) in [6.45, 7) is 4.41. The molecule has 0 spiro atoms. The Morgan fingerprint density at radius 1 is 1.04 bits per heavy atom. The molecule has 3 aromatic carbocycles. The largest absolute Gasteiger partial charge is 0.381 e. The van der Waals surface area contributed by atoms with Crippen molar-refractivity contribution in [2.45, 2.75) is 26.4 Å². The van der Waals surface area contributed by atoms with Crippen LogP contribution in [-0.4, -0.2) is 11.9 Å². The molecule has 0 atom stereocenters. The summed E-state index contributed by atoms with van der Waals surface area (Å²) in [7, 11) is 0. The van der Waals surface area contributed by atoms with Gasteiger partial charge in [0, 0.05) is 34.5 Å². The molecular weight excluding hydrogens is 375 g/mol. The smallest absolute Gasteiger partial charge is 0.258 e. The average Bonchev–Trinajstić information content (AvgIpc) is 2.69. The lowest BCUT2D eigenvalue weighted by molar-refractivity contribution is 0.0980. The van der Waals surface area contributed by atoms with Crippen LogP contribution in [0.4, 0.5) is 15.8 Å². The first-order valence-corrected chi connectivity index (χ1v) is 9.50. The minimum Gasteiger partial charge on any atom is -0.381 e. The number of carbonyl (C=O) groups excluding carboxylic acids is 1. The van der Waals surface area contributed by atoms with Crippen molar-refractivity contribution >= 4 is 28.9 Å². The predicted octanol–water partition coefficient (Wildman–Crippen LogP) is 6.15. The number of nitrogens with one attached hydrogen (secondary N) is 1. The zero-order chi connectivity index (χ0) is 20.1. The molecule has 0 saturated carbocycles. The highest BCUT2D eigenvalue weighted by molar-refractivity contribution is 6.30. The van der Waals surface area contributed by atoms with Gasteiger partial charge in [-0.2, -0.15) is 0 Å². The lowest BCUT2D eigenvalue weighted by Gasteiger charge is -2.29. The zero-order valence-electron chi connectivity index (χ0n) is 15.8. The molecule has 0 aliphatic carbocycles. The molecule has 0 saturated heterocycles. The second-order valence-electron chi connectivity index (χ2n) is 6.77. The molecule has 0 aliphatic rings. The summed E-state index contributed by atoms with van der Waals surface area (Å²) in [5.74, 6) is -0.352. The van der Waals surface area contributed by atoms with Crippen molar-refractivity contribution in [3.8, 4) is 0 Å². The second kappa shape index (κ2) is 8.89. The van der Waals surface area contributed by atoms with E-state index in [-0.39, 0.29) is 17.8 Å². The molecule has 1 N–H and O–H groups in total. The van der Waals surface area contributed by atoms with Gasteiger partial charge >= 0.3 is 0 Å². The van der Waals surface area contributed by atoms with E-state index in [1.165, 1.54) is 12.1 Å².